The van der Waals surface area contributed by atoms with Crippen molar-refractivity contribution in [2.45, 2.75) is 242 Å². The lowest BCUT2D eigenvalue weighted by Gasteiger charge is -2.28. The minimum Gasteiger partial charge on any atom is -0.390 e. The summed E-state index contributed by atoms with van der Waals surface area (Å²) in [5.74, 6) is -0.666. The van der Waals surface area contributed by atoms with Crippen molar-refractivity contribution in [3.63, 3.8) is 0 Å². The number of phosphoric ester groups is 1. The number of rotatable bonds is 54. The Morgan fingerprint density at radius 1 is 0.604 bits per heavy atom. The molecular formula is C70H110N6O24P4S2. The second-order valence-electron chi connectivity index (χ2n) is 27.4. The summed E-state index contributed by atoms with van der Waals surface area (Å²) in [6, 6.07) is 15.1. The Morgan fingerprint density at radius 3 is 1.72 bits per heavy atom. The number of ketones is 3. The molecule has 4 fully saturated rings. The van der Waals surface area contributed by atoms with Crippen molar-refractivity contribution >= 4 is 93.6 Å². The van der Waals surface area contributed by atoms with E-state index < -0.39 is 96.9 Å². The largest absolute Gasteiger partial charge is 0.472 e. The maximum absolute atomic E-state index is 14.2. The zero-order chi connectivity index (χ0) is 76.0. The van der Waals surface area contributed by atoms with Crippen molar-refractivity contribution in [2.24, 2.45) is 5.73 Å². The van der Waals surface area contributed by atoms with Crippen LogP contribution in [0.3, 0.4) is 0 Å². The third-order valence-corrected chi connectivity index (χ3v) is 24.3. The molecule has 6 heterocycles. The standard InChI is InChI=1S/C70H110N6O24P4S2/c1-51(77)22-13-11-9-7-5-3-4-6-8-10-12-19-37-72-57(70(71)82)27-18-20-38-76-69-55-25-15-14-23-52(55)46-75(58-28-17-16-26-56(58)68(69)73-74-76)67(81)29-21-24-53(78)30-39-88-40-31-54(79)32-45-93-102(84,85)95-48-64-61(35-43-90-64)99-104(87,106)97-50-66-62(36-44-92-66)100-103(86,105)96-49-65-60(34-42-91-65)98-101(2,83)94-47-63-59(80)33-41-89-63/h14-17,23,25-26,28,57,59-66,72,80,83H,2-13,18-22,24,27,29-50H2,1H3,(H2,71,82)(H,84,85)(H,86,105)(H,87,106)/t57-,59?,60-,61-,62?,63+,64-,65-,66+,101?,103?,104?/m0/s1. The number of para-hydroxylation sites is 1. The van der Waals surface area contributed by atoms with E-state index in [-0.39, 0.29) is 134 Å². The van der Waals surface area contributed by atoms with E-state index in [4.69, 9.17) is 94.3 Å². The molecule has 13 atom stereocenters. The van der Waals surface area contributed by atoms with E-state index >= 15 is 0 Å². The number of carbonyl (C=O) groups is 5. The fraction of sp³-hybridized carbons (Fsp3) is 0.714. The number of benzene rings is 2. The molecule has 0 spiro atoms. The summed E-state index contributed by atoms with van der Waals surface area (Å²) in [7, 11) is -8.32. The number of fused-ring (bicyclic) bond motifs is 5. The van der Waals surface area contributed by atoms with Gasteiger partial charge in [-0.3, -0.25) is 28.2 Å². The number of hydrogen-bond acceptors (Lipinski definition) is 26. The van der Waals surface area contributed by atoms with Gasteiger partial charge in [-0.2, -0.15) is 0 Å². The third-order valence-electron chi connectivity index (χ3n) is 19.0. The first-order valence-electron chi connectivity index (χ1n) is 37.3. The summed E-state index contributed by atoms with van der Waals surface area (Å²) in [5, 5.41) is 22.7. The minimum absolute atomic E-state index is 0.00458. The van der Waals surface area contributed by atoms with Crippen molar-refractivity contribution in [1.82, 2.24) is 20.3 Å². The topological polar surface area (TPSA) is 396 Å². The summed E-state index contributed by atoms with van der Waals surface area (Å²) >= 11 is 10.6. The van der Waals surface area contributed by atoms with Crippen LogP contribution in [0.1, 0.15) is 179 Å². The first kappa shape index (κ1) is 88.2. The van der Waals surface area contributed by atoms with Gasteiger partial charge in [-0.25, -0.2) is 9.25 Å². The van der Waals surface area contributed by atoms with Gasteiger partial charge in [0.15, 0.2) is 0 Å². The number of aliphatic hydroxyl groups excluding tert-OH is 1. The van der Waals surface area contributed by atoms with Crippen LogP contribution in [0.5, 0.6) is 0 Å². The highest BCUT2D eigenvalue weighted by molar-refractivity contribution is 8.07. The molecule has 36 heteroatoms. The molecule has 0 aliphatic carbocycles. The van der Waals surface area contributed by atoms with Crippen molar-refractivity contribution in [3.05, 3.63) is 54.1 Å². The van der Waals surface area contributed by atoms with Crippen LogP contribution in [-0.2, 0) is 125 Å². The van der Waals surface area contributed by atoms with E-state index in [9.17, 15) is 53.2 Å². The number of aryl methyl sites for hydroxylation is 1. The number of ether oxygens (including phenoxy) is 5. The lowest BCUT2D eigenvalue weighted by molar-refractivity contribution is -0.122. The Morgan fingerprint density at radius 2 is 1.12 bits per heavy atom. The normalized spacial score (nSPS) is 23.4. The molecule has 2 amide bonds. The number of Topliss-reactive ketones (excluding diaryl/α,β-unsaturated/α-hetero) is 3. The molecule has 0 radical (unpaired) electrons. The van der Waals surface area contributed by atoms with Gasteiger partial charge in [0.25, 0.3) is 0 Å². The number of unbranched alkanes of at least 4 members (excludes halogenated alkanes) is 12. The zero-order valence-electron chi connectivity index (χ0n) is 60.8. The number of aromatic nitrogens is 3. The van der Waals surface area contributed by atoms with Crippen LogP contribution in [-0.4, -0.2) is 209 Å². The molecule has 5 aliphatic heterocycles. The number of primary amides is 1. The maximum Gasteiger partial charge on any atom is 0.472 e. The highest BCUT2D eigenvalue weighted by atomic mass is 32.5. The highest BCUT2D eigenvalue weighted by Gasteiger charge is 2.42. The minimum atomic E-state index is -4.71. The van der Waals surface area contributed by atoms with Gasteiger partial charge < -0.3 is 96.3 Å². The fourth-order valence-corrected chi connectivity index (χ4v) is 18.0. The average molecular weight is 1610 g/mol. The predicted octanol–water partition coefficient (Wildman–Crippen LogP) is 9.70. The lowest BCUT2D eigenvalue weighted by atomic mass is 9.95. The molecule has 5 aliphatic rings. The molecular weight excluding hydrogens is 1500 g/mol. The molecule has 1 aromatic heterocycles. The molecule has 8 rings (SSSR count). The van der Waals surface area contributed by atoms with Crippen LogP contribution in [0.25, 0.3) is 22.5 Å². The monoisotopic (exact) mass is 1610 g/mol. The van der Waals surface area contributed by atoms with Crippen LogP contribution >= 0.6 is 28.8 Å². The number of nitrogens with two attached hydrogens (primary N) is 1. The van der Waals surface area contributed by atoms with E-state index in [1.807, 2.05) is 53.2 Å². The number of aliphatic hydroxyl groups is 1. The number of carbonyl (C=O) groups excluding carboxylic acids is 5. The van der Waals surface area contributed by atoms with Crippen LogP contribution < -0.4 is 16.0 Å². The summed E-state index contributed by atoms with van der Waals surface area (Å²) in [4.78, 5) is 108. The Kier molecular flexibility index (Phi) is 37.7. The number of nitrogens with zero attached hydrogens (tertiary/aromatic N) is 4. The molecule has 3 aromatic rings. The molecule has 2 aromatic carbocycles. The first-order chi connectivity index (χ1) is 50.8. The van der Waals surface area contributed by atoms with Crippen LogP contribution in [0.4, 0.5) is 5.69 Å². The first-order valence-corrected chi connectivity index (χ1v) is 45.7. The second-order valence-corrected chi connectivity index (χ2v) is 36.2. The van der Waals surface area contributed by atoms with E-state index in [0.29, 0.717) is 56.6 Å². The van der Waals surface area contributed by atoms with Crippen molar-refractivity contribution < 1.29 is 113 Å². The fourth-order valence-electron chi connectivity index (χ4n) is 13.1. The number of amides is 2. The number of nitrogens with one attached hydrogen (secondary N) is 1. The van der Waals surface area contributed by atoms with E-state index in [1.165, 1.54) is 51.4 Å². The summed E-state index contributed by atoms with van der Waals surface area (Å²) in [6.07, 6.45) is 15.8. The molecule has 0 saturated carbocycles. The number of anilines is 1. The van der Waals surface area contributed by atoms with Crippen molar-refractivity contribution in [1.29, 1.82) is 0 Å². The molecule has 8 N–H and O–H groups in total. The van der Waals surface area contributed by atoms with E-state index in [0.717, 1.165) is 67.5 Å². The van der Waals surface area contributed by atoms with Crippen LogP contribution in [0.2, 0.25) is 0 Å². The highest BCUT2D eigenvalue weighted by Crippen LogP contribution is 2.52. The molecule has 4 saturated heterocycles. The van der Waals surface area contributed by atoms with Crippen molar-refractivity contribution in [2.75, 3.05) is 84.1 Å². The summed E-state index contributed by atoms with van der Waals surface area (Å²) in [6.45, 7) is -5.41. The Balaban J connectivity index is 0.665. The van der Waals surface area contributed by atoms with Gasteiger partial charge in [0.05, 0.1) is 94.6 Å². The molecule has 106 heavy (non-hydrogen) atoms. The molecule has 596 valence electrons. The quantitative estimate of drug-likeness (QED) is 0.0204. The SMILES string of the molecule is C=P(O)(OC[C@H]1OCCC1O)O[C@H]1CCO[C@H]1COP(O)(=S)OC1CCO[C@@H]1COP(O)(=S)O[C@H]1CCO[C@H]1COP(=O)(O)OCCC(=O)CCOCCC(=O)CCCC(=O)N1Cc2ccccc2-c2c(nnn2CCCC[C@H](NCCCCCCCCCCCCCCC(C)=O)C(N)=O)-c2ccccc21. The van der Waals surface area contributed by atoms with Gasteiger partial charge in [-0.05, 0) is 100.0 Å². The molecule has 6 unspecified atom stereocenters. The zero-order valence-corrected chi connectivity index (χ0v) is 66.0. The van der Waals surface area contributed by atoms with Gasteiger partial charge >= 0.3 is 21.3 Å². The lowest BCUT2D eigenvalue weighted by Crippen LogP contribution is -2.41. The summed E-state index contributed by atoms with van der Waals surface area (Å²) < 4.78 is 87.0. The Labute approximate surface area is 632 Å². The maximum atomic E-state index is 14.2. The van der Waals surface area contributed by atoms with Crippen LogP contribution in [0, 0.1) is 0 Å². The second kappa shape index (κ2) is 45.3. The van der Waals surface area contributed by atoms with Crippen LogP contribution in [0.15, 0.2) is 48.5 Å². The van der Waals surface area contributed by atoms with Gasteiger partial charge in [-0.15, -0.1) is 5.10 Å². The summed E-state index contributed by atoms with van der Waals surface area (Å²) in [5.41, 5.74) is 10.6. The van der Waals surface area contributed by atoms with E-state index in [2.05, 4.69) is 16.8 Å². The van der Waals surface area contributed by atoms with Gasteiger partial charge in [-0.1, -0.05) is 112 Å². The average Bonchev–Trinajstić information content (AvgIpc) is 1.51. The predicted molar refractivity (Wildman–Crippen MR) is 403 cm³/mol. The van der Waals surface area contributed by atoms with E-state index in [1.54, 1.807) is 11.8 Å². The Hall–Kier alpha value is -3.40. The smallest absolute Gasteiger partial charge is 0.390 e. The molecule has 0 bridgehead atoms. The van der Waals surface area contributed by atoms with Gasteiger partial charge in [0.2, 0.25) is 19.4 Å². The van der Waals surface area contributed by atoms with Crippen molar-refractivity contribution in [3.8, 4) is 22.5 Å². The third kappa shape index (κ3) is 30.6. The van der Waals surface area contributed by atoms with Gasteiger partial charge in [0.1, 0.15) is 47.5 Å². The number of phosphoric acid groups is 1. The number of hydrogen-bond donors (Lipinski definition) is 7. The van der Waals surface area contributed by atoms with Gasteiger partial charge in [0, 0.05) is 102 Å². The molecule has 30 nitrogen and oxygen atoms in total. The Bertz CT molecular complexity index is 3470.